The Morgan fingerprint density at radius 1 is 1.25 bits per heavy atom. The molecule has 4 heteroatoms. The lowest BCUT2D eigenvalue weighted by molar-refractivity contribution is 0.105. The van der Waals surface area contributed by atoms with Crippen molar-refractivity contribution in [1.29, 1.82) is 0 Å². The molecule has 0 fully saturated rings. The van der Waals surface area contributed by atoms with Gasteiger partial charge >= 0.3 is 0 Å². The first-order valence-corrected chi connectivity index (χ1v) is 7.72. The predicted molar refractivity (Wildman–Crippen MR) is 84.6 cm³/mol. The number of halogens is 1. The Hall–Kier alpha value is -0.770. The average molecular weight is 300 g/mol. The SMILES string of the molecule is CCC(CC)CNCC(O)COc1ccc(Cl)c(C)c1. The number of hydrogen-bond acceptors (Lipinski definition) is 3. The van der Waals surface area contributed by atoms with Gasteiger partial charge in [0.2, 0.25) is 0 Å². The fraction of sp³-hybridized carbons (Fsp3) is 0.625. The van der Waals surface area contributed by atoms with E-state index in [2.05, 4.69) is 19.2 Å². The van der Waals surface area contributed by atoms with Crippen LogP contribution in [-0.2, 0) is 0 Å². The van der Waals surface area contributed by atoms with Gasteiger partial charge in [0, 0.05) is 11.6 Å². The molecule has 0 saturated heterocycles. The van der Waals surface area contributed by atoms with Crippen molar-refractivity contribution < 1.29 is 9.84 Å². The highest BCUT2D eigenvalue weighted by Crippen LogP contribution is 2.21. The zero-order valence-corrected chi connectivity index (χ0v) is 13.4. The molecule has 0 spiro atoms. The molecule has 0 radical (unpaired) electrons. The molecular formula is C16H26ClNO2. The second-order valence-electron chi connectivity index (χ2n) is 5.22. The molecule has 0 amide bonds. The summed E-state index contributed by atoms with van der Waals surface area (Å²) >= 11 is 5.95. The fourth-order valence-electron chi connectivity index (χ4n) is 1.99. The minimum Gasteiger partial charge on any atom is -0.491 e. The number of benzene rings is 1. The molecule has 3 nitrogen and oxygen atoms in total. The lowest BCUT2D eigenvalue weighted by atomic mass is 10.0. The van der Waals surface area contributed by atoms with E-state index in [9.17, 15) is 5.11 Å². The van der Waals surface area contributed by atoms with Crippen LogP contribution in [0.3, 0.4) is 0 Å². The van der Waals surface area contributed by atoms with Crippen LogP contribution in [0, 0.1) is 12.8 Å². The van der Waals surface area contributed by atoms with E-state index in [1.807, 2.05) is 25.1 Å². The van der Waals surface area contributed by atoms with E-state index in [1.165, 1.54) is 12.8 Å². The van der Waals surface area contributed by atoms with Gasteiger partial charge in [-0.1, -0.05) is 38.3 Å². The van der Waals surface area contributed by atoms with Gasteiger partial charge in [-0.15, -0.1) is 0 Å². The summed E-state index contributed by atoms with van der Waals surface area (Å²) in [6.45, 7) is 8.11. The van der Waals surface area contributed by atoms with E-state index in [-0.39, 0.29) is 6.61 Å². The third-order valence-electron chi connectivity index (χ3n) is 3.54. The number of hydrogen-bond donors (Lipinski definition) is 2. The zero-order valence-electron chi connectivity index (χ0n) is 12.7. The number of aryl methyl sites for hydroxylation is 1. The van der Waals surface area contributed by atoms with E-state index in [0.717, 1.165) is 22.9 Å². The number of nitrogens with one attached hydrogen (secondary N) is 1. The van der Waals surface area contributed by atoms with E-state index in [1.54, 1.807) is 0 Å². The standard InChI is InChI=1S/C16H26ClNO2/c1-4-13(5-2)9-18-10-14(19)11-20-15-6-7-16(17)12(3)8-15/h6-8,13-14,18-19H,4-5,9-11H2,1-3H3. The van der Waals surface area contributed by atoms with E-state index >= 15 is 0 Å². The third kappa shape index (κ3) is 6.12. The van der Waals surface area contributed by atoms with Crippen LogP contribution in [0.15, 0.2) is 18.2 Å². The molecule has 0 heterocycles. The molecular weight excluding hydrogens is 274 g/mol. The number of aliphatic hydroxyl groups is 1. The quantitative estimate of drug-likeness (QED) is 0.734. The van der Waals surface area contributed by atoms with Crippen molar-refractivity contribution in [2.24, 2.45) is 5.92 Å². The van der Waals surface area contributed by atoms with Crippen molar-refractivity contribution in [1.82, 2.24) is 5.32 Å². The first kappa shape index (κ1) is 17.3. The van der Waals surface area contributed by atoms with Crippen molar-refractivity contribution in [2.45, 2.75) is 39.7 Å². The summed E-state index contributed by atoms with van der Waals surface area (Å²) in [5, 5.41) is 13.9. The molecule has 0 aliphatic heterocycles. The smallest absolute Gasteiger partial charge is 0.119 e. The number of ether oxygens (including phenoxy) is 1. The largest absolute Gasteiger partial charge is 0.491 e. The molecule has 2 N–H and O–H groups in total. The average Bonchev–Trinajstić information content (AvgIpc) is 2.45. The maximum Gasteiger partial charge on any atom is 0.119 e. The van der Waals surface area contributed by atoms with Gasteiger partial charge in [-0.05, 0) is 43.1 Å². The normalized spacial score (nSPS) is 12.7. The molecule has 20 heavy (non-hydrogen) atoms. The first-order valence-electron chi connectivity index (χ1n) is 7.34. The van der Waals surface area contributed by atoms with E-state index < -0.39 is 6.10 Å². The van der Waals surface area contributed by atoms with Gasteiger partial charge < -0.3 is 15.2 Å². The van der Waals surface area contributed by atoms with Crippen LogP contribution >= 0.6 is 11.6 Å². The van der Waals surface area contributed by atoms with Crippen LogP contribution in [0.1, 0.15) is 32.3 Å². The van der Waals surface area contributed by atoms with Crippen molar-refractivity contribution in [3.8, 4) is 5.75 Å². The summed E-state index contributed by atoms with van der Waals surface area (Å²) in [6.07, 6.45) is 1.83. The van der Waals surface area contributed by atoms with E-state index in [4.69, 9.17) is 16.3 Å². The summed E-state index contributed by atoms with van der Waals surface area (Å²) in [5.41, 5.74) is 0.977. The molecule has 114 valence electrons. The molecule has 0 aromatic heterocycles. The Kier molecular flexibility index (Phi) is 7.97. The minimum atomic E-state index is -0.500. The Labute approximate surface area is 127 Å². The van der Waals surface area contributed by atoms with Crippen LogP contribution in [0.25, 0.3) is 0 Å². The van der Waals surface area contributed by atoms with Crippen molar-refractivity contribution >= 4 is 11.6 Å². The van der Waals surface area contributed by atoms with Gasteiger partial charge in [-0.2, -0.15) is 0 Å². The number of rotatable bonds is 9. The second-order valence-corrected chi connectivity index (χ2v) is 5.62. The molecule has 1 rings (SSSR count). The molecule has 0 aliphatic carbocycles. The van der Waals surface area contributed by atoms with Crippen LogP contribution in [0.2, 0.25) is 5.02 Å². The minimum absolute atomic E-state index is 0.289. The first-order chi connectivity index (χ1) is 9.56. The maximum atomic E-state index is 9.88. The summed E-state index contributed by atoms with van der Waals surface area (Å²) in [6, 6.07) is 5.51. The van der Waals surface area contributed by atoms with Crippen LogP contribution in [-0.4, -0.2) is 30.9 Å². The molecule has 0 saturated carbocycles. The van der Waals surface area contributed by atoms with Gasteiger partial charge in [0.15, 0.2) is 0 Å². The highest BCUT2D eigenvalue weighted by molar-refractivity contribution is 6.31. The summed E-state index contributed by atoms with van der Waals surface area (Å²) < 4.78 is 5.57. The van der Waals surface area contributed by atoms with Gasteiger partial charge in [0.25, 0.3) is 0 Å². The molecule has 1 aromatic rings. The Bertz CT molecular complexity index is 394. The van der Waals surface area contributed by atoms with Crippen molar-refractivity contribution in [2.75, 3.05) is 19.7 Å². The topological polar surface area (TPSA) is 41.5 Å². The molecule has 0 bridgehead atoms. The predicted octanol–water partition coefficient (Wildman–Crippen LogP) is 3.41. The zero-order chi connectivity index (χ0) is 15.0. The summed E-state index contributed by atoms with van der Waals surface area (Å²) in [7, 11) is 0. The van der Waals surface area contributed by atoms with Gasteiger partial charge in [0.05, 0.1) is 0 Å². The van der Waals surface area contributed by atoms with Gasteiger partial charge in [-0.25, -0.2) is 0 Å². The van der Waals surface area contributed by atoms with Crippen molar-refractivity contribution in [3.63, 3.8) is 0 Å². The molecule has 1 unspecified atom stereocenters. The lowest BCUT2D eigenvalue weighted by Gasteiger charge is -2.17. The maximum absolute atomic E-state index is 9.88. The van der Waals surface area contributed by atoms with Crippen LogP contribution in [0.4, 0.5) is 0 Å². The van der Waals surface area contributed by atoms with Crippen LogP contribution < -0.4 is 10.1 Å². The summed E-state index contributed by atoms with van der Waals surface area (Å²) in [5.74, 6) is 1.42. The highest BCUT2D eigenvalue weighted by Gasteiger charge is 2.08. The van der Waals surface area contributed by atoms with Crippen LogP contribution in [0.5, 0.6) is 5.75 Å². The molecule has 1 aromatic carbocycles. The van der Waals surface area contributed by atoms with Gasteiger partial charge in [-0.3, -0.25) is 0 Å². The second kappa shape index (κ2) is 9.22. The third-order valence-corrected chi connectivity index (χ3v) is 3.96. The fourth-order valence-corrected chi connectivity index (χ4v) is 2.11. The Morgan fingerprint density at radius 3 is 2.55 bits per heavy atom. The monoisotopic (exact) mass is 299 g/mol. The highest BCUT2D eigenvalue weighted by atomic mass is 35.5. The molecule has 0 aliphatic rings. The van der Waals surface area contributed by atoms with Crippen molar-refractivity contribution in [3.05, 3.63) is 28.8 Å². The van der Waals surface area contributed by atoms with Gasteiger partial charge in [0.1, 0.15) is 18.5 Å². The number of aliphatic hydroxyl groups excluding tert-OH is 1. The molecule has 1 atom stereocenters. The Balaban J connectivity index is 2.25. The Morgan fingerprint density at radius 2 is 1.95 bits per heavy atom. The lowest BCUT2D eigenvalue weighted by Crippen LogP contribution is -2.34. The van der Waals surface area contributed by atoms with E-state index in [0.29, 0.717) is 12.5 Å². The summed E-state index contributed by atoms with van der Waals surface area (Å²) in [4.78, 5) is 0.